The quantitative estimate of drug-likeness (QED) is 0.428. The highest BCUT2D eigenvalue weighted by molar-refractivity contribution is 5.79. The minimum atomic E-state index is 0.572. The highest BCUT2D eigenvalue weighted by Gasteiger charge is 2.02. The first kappa shape index (κ1) is 20.3. The Morgan fingerprint density at radius 3 is 2.10 bits per heavy atom. The Labute approximate surface area is 171 Å². The van der Waals surface area contributed by atoms with E-state index in [1.807, 2.05) is 60.7 Å². The lowest BCUT2D eigenvalue weighted by molar-refractivity contribution is 0.414. The van der Waals surface area contributed by atoms with Crippen LogP contribution in [0.25, 0.3) is 0 Å². The van der Waals surface area contributed by atoms with Crippen molar-refractivity contribution in [1.82, 2.24) is 10.6 Å². The Balaban J connectivity index is 1.60. The third-order valence-corrected chi connectivity index (χ3v) is 4.44. The summed E-state index contributed by atoms with van der Waals surface area (Å²) in [6.07, 6.45) is 2.48. The molecule has 0 bridgehead atoms. The van der Waals surface area contributed by atoms with E-state index in [1.165, 1.54) is 0 Å². The van der Waals surface area contributed by atoms with Crippen molar-refractivity contribution in [3.63, 3.8) is 0 Å². The second-order valence-electron chi connectivity index (χ2n) is 6.47. The number of rotatable bonds is 9. The molecule has 3 rings (SSSR count). The van der Waals surface area contributed by atoms with Gasteiger partial charge in [-0.05, 0) is 47.5 Å². The third kappa shape index (κ3) is 6.60. The van der Waals surface area contributed by atoms with Gasteiger partial charge < -0.3 is 24.5 Å². The minimum absolute atomic E-state index is 0.572. The number of hydrogen-bond acceptors (Lipinski definition) is 4. The summed E-state index contributed by atoms with van der Waals surface area (Å²) in [4.78, 5) is 4.72. The van der Waals surface area contributed by atoms with Gasteiger partial charge in [0.1, 0.15) is 17.3 Å². The highest BCUT2D eigenvalue weighted by atomic mass is 16.5. The fourth-order valence-electron chi connectivity index (χ4n) is 2.76. The molecule has 2 N–H and O–H groups in total. The number of ether oxygens (including phenoxy) is 2. The molecule has 152 valence electrons. The number of nitrogens with zero attached hydrogens (tertiary/aromatic N) is 1. The summed E-state index contributed by atoms with van der Waals surface area (Å²) in [6.45, 7) is 1.96. The second kappa shape index (κ2) is 10.8. The molecule has 0 atom stereocenters. The predicted molar refractivity (Wildman–Crippen MR) is 114 cm³/mol. The standard InChI is InChI=1S/C23H27N3O3/c1-27-20-9-5-18(6-10-20)16-25-23(24-14-13-22-4-3-15-29-22)26-17-19-7-11-21(28-2)12-8-19/h3-12,15H,13-14,16-17H2,1-2H3,(H2,24,25,26). The van der Waals surface area contributed by atoms with E-state index < -0.39 is 0 Å². The van der Waals surface area contributed by atoms with E-state index in [4.69, 9.17) is 18.9 Å². The van der Waals surface area contributed by atoms with Crippen LogP contribution in [0, 0.1) is 0 Å². The van der Waals surface area contributed by atoms with Crippen LogP contribution in [0.2, 0.25) is 0 Å². The lowest BCUT2D eigenvalue weighted by atomic mass is 10.2. The minimum Gasteiger partial charge on any atom is -0.497 e. The average molecular weight is 393 g/mol. The van der Waals surface area contributed by atoms with Gasteiger partial charge in [0.2, 0.25) is 0 Å². The van der Waals surface area contributed by atoms with Crippen molar-refractivity contribution in [1.29, 1.82) is 0 Å². The van der Waals surface area contributed by atoms with Crippen molar-refractivity contribution in [3.05, 3.63) is 83.8 Å². The zero-order valence-electron chi connectivity index (χ0n) is 16.9. The average Bonchev–Trinajstić information content (AvgIpc) is 3.29. The van der Waals surface area contributed by atoms with Gasteiger partial charge in [0.25, 0.3) is 0 Å². The maximum Gasteiger partial charge on any atom is 0.191 e. The number of benzene rings is 2. The summed E-state index contributed by atoms with van der Waals surface area (Å²) in [7, 11) is 3.33. The molecule has 0 saturated carbocycles. The molecule has 0 aliphatic carbocycles. The van der Waals surface area contributed by atoms with Gasteiger partial charge in [-0.3, -0.25) is 0 Å². The van der Waals surface area contributed by atoms with Gasteiger partial charge in [0.05, 0.1) is 27.0 Å². The summed E-state index contributed by atoms with van der Waals surface area (Å²) < 4.78 is 15.8. The summed E-state index contributed by atoms with van der Waals surface area (Å²) >= 11 is 0. The van der Waals surface area contributed by atoms with Crippen LogP contribution >= 0.6 is 0 Å². The van der Waals surface area contributed by atoms with Crippen LogP contribution in [0.4, 0.5) is 0 Å². The fourth-order valence-corrected chi connectivity index (χ4v) is 2.76. The largest absolute Gasteiger partial charge is 0.497 e. The monoisotopic (exact) mass is 393 g/mol. The van der Waals surface area contributed by atoms with Gasteiger partial charge in [-0.25, -0.2) is 4.99 Å². The SMILES string of the molecule is COc1ccc(CN=C(NCCc2ccco2)NCc2ccc(OC)cc2)cc1. The summed E-state index contributed by atoms with van der Waals surface area (Å²) in [5, 5.41) is 6.76. The number of furan rings is 1. The van der Waals surface area contributed by atoms with E-state index in [9.17, 15) is 0 Å². The molecule has 0 amide bonds. The molecule has 0 unspecified atom stereocenters. The normalized spacial score (nSPS) is 11.2. The zero-order valence-corrected chi connectivity index (χ0v) is 16.9. The summed E-state index contributed by atoms with van der Waals surface area (Å²) in [5.41, 5.74) is 2.26. The Morgan fingerprint density at radius 1 is 0.862 bits per heavy atom. The molecule has 6 nitrogen and oxygen atoms in total. The third-order valence-electron chi connectivity index (χ3n) is 4.44. The molecular weight excluding hydrogens is 366 g/mol. The van der Waals surface area contributed by atoms with Crippen molar-refractivity contribution >= 4 is 5.96 Å². The van der Waals surface area contributed by atoms with Crippen molar-refractivity contribution in [2.24, 2.45) is 4.99 Å². The Bertz CT molecular complexity index is 873. The van der Waals surface area contributed by atoms with E-state index in [0.29, 0.717) is 13.1 Å². The first-order valence-electron chi connectivity index (χ1n) is 9.57. The molecule has 0 spiro atoms. The van der Waals surface area contributed by atoms with Crippen LogP contribution < -0.4 is 20.1 Å². The van der Waals surface area contributed by atoms with Gasteiger partial charge in [-0.2, -0.15) is 0 Å². The molecule has 0 radical (unpaired) electrons. The van der Waals surface area contributed by atoms with E-state index >= 15 is 0 Å². The Morgan fingerprint density at radius 2 is 1.52 bits per heavy atom. The predicted octanol–water partition coefficient (Wildman–Crippen LogP) is 3.77. The molecule has 3 aromatic rings. The van der Waals surface area contributed by atoms with Gasteiger partial charge in [-0.15, -0.1) is 0 Å². The topological polar surface area (TPSA) is 68.0 Å². The van der Waals surface area contributed by atoms with Crippen LogP contribution in [0.1, 0.15) is 16.9 Å². The van der Waals surface area contributed by atoms with E-state index in [1.54, 1.807) is 20.5 Å². The Hall–Kier alpha value is -3.41. The van der Waals surface area contributed by atoms with Gasteiger partial charge in [0, 0.05) is 19.5 Å². The van der Waals surface area contributed by atoms with Crippen molar-refractivity contribution < 1.29 is 13.9 Å². The number of guanidine groups is 1. The molecule has 0 fully saturated rings. The zero-order chi connectivity index (χ0) is 20.3. The first-order chi connectivity index (χ1) is 14.3. The number of nitrogens with one attached hydrogen (secondary N) is 2. The van der Waals surface area contributed by atoms with Crippen molar-refractivity contribution in [2.75, 3.05) is 20.8 Å². The van der Waals surface area contributed by atoms with E-state index in [-0.39, 0.29) is 0 Å². The first-order valence-corrected chi connectivity index (χ1v) is 9.57. The molecule has 2 aromatic carbocycles. The molecule has 0 aliphatic rings. The lowest BCUT2D eigenvalue weighted by Crippen LogP contribution is -2.38. The smallest absolute Gasteiger partial charge is 0.191 e. The van der Waals surface area contributed by atoms with Gasteiger partial charge >= 0.3 is 0 Å². The molecule has 29 heavy (non-hydrogen) atoms. The molecule has 1 heterocycles. The summed E-state index contributed by atoms with van der Waals surface area (Å²) in [5.74, 6) is 3.39. The Kier molecular flexibility index (Phi) is 7.57. The summed E-state index contributed by atoms with van der Waals surface area (Å²) in [6, 6.07) is 19.8. The van der Waals surface area contributed by atoms with E-state index in [0.717, 1.165) is 47.3 Å². The number of hydrogen-bond donors (Lipinski definition) is 2. The second-order valence-corrected chi connectivity index (χ2v) is 6.47. The number of methoxy groups -OCH3 is 2. The lowest BCUT2D eigenvalue weighted by Gasteiger charge is -2.13. The van der Waals surface area contributed by atoms with Crippen LogP contribution in [-0.4, -0.2) is 26.7 Å². The van der Waals surface area contributed by atoms with Crippen LogP contribution in [0.5, 0.6) is 11.5 Å². The highest BCUT2D eigenvalue weighted by Crippen LogP contribution is 2.12. The molecule has 6 heteroatoms. The fraction of sp³-hybridized carbons (Fsp3) is 0.261. The van der Waals surface area contributed by atoms with Crippen molar-refractivity contribution in [3.8, 4) is 11.5 Å². The van der Waals surface area contributed by atoms with Gasteiger partial charge in [-0.1, -0.05) is 24.3 Å². The van der Waals surface area contributed by atoms with Crippen LogP contribution in [-0.2, 0) is 19.5 Å². The molecular formula is C23H27N3O3. The van der Waals surface area contributed by atoms with E-state index in [2.05, 4.69) is 10.6 Å². The maximum atomic E-state index is 5.39. The maximum absolute atomic E-state index is 5.39. The van der Waals surface area contributed by atoms with Crippen LogP contribution in [0.15, 0.2) is 76.3 Å². The van der Waals surface area contributed by atoms with Crippen molar-refractivity contribution in [2.45, 2.75) is 19.5 Å². The molecule has 0 aliphatic heterocycles. The molecule has 0 saturated heterocycles. The van der Waals surface area contributed by atoms with Crippen LogP contribution in [0.3, 0.4) is 0 Å². The molecule has 1 aromatic heterocycles. The van der Waals surface area contributed by atoms with Gasteiger partial charge in [0.15, 0.2) is 5.96 Å². The number of aliphatic imine (C=N–C) groups is 1.